The maximum Gasteiger partial charge on any atom is 0.315 e. The molecule has 2 rings (SSSR count). The molecule has 2 fully saturated rings. The third kappa shape index (κ3) is 4.33. The molecule has 0 unspecified atom stereocenters. The Morgan fingerprint density at radius 1 is 1.45 bits per heavy atom. The zero-order valence-corrected chi connectivity index (χ0v) is 12.8. The van der Waals surface area contributed by atoms with Gasteiger partial charge in [-0.15, -0.1) is 0 Å². The fraction of sp³-hybridized carbons (Fsp3) is 0.929. The van der Waals surface area contributed by atoms with Crippen molar-refractivity contribution in [2.45, 2.75) is 32.4 Å². The zero-order chi connectivity index (χ0) is 14.6. The zero-order valence-electron chi connectivity index (χ0n) is 12.8. The summed E-state index contributed by atoms with van der Waals surface area (Å²) < 4.78 is 10.6. The Morgan fingerprint density at radius 2 is 2.25 bits per heavy atom. The molecule has 0 aromatic rings. The summed E-state index contributed by atoms with van der Waals surface area (Å²) in [5, 5.41) is 5.81. The molecule has 2 amide bonds. The summed E-state index contributed by atoms with van der Waals surface area (Å²) in [6, 6.07) is -0.188. The molecule has 0 radical (unpaired) electrons. The van der Waals surface area contributed by atoms with E-state index in [0.29, 0.717) is 25.2 Å². The standard InChI is InChI=1S/C14H27N3O3/c1-14(2)4-6-17(10-14)7-5-15-13(18)16-11-8-20-9-12(11)19-3/h11-12H,4-10H2,1-3H3,(H2,15,16,18)/t11-,12+/m0/s1. The number of methoxy groups -OCH3 is 1. The van der Waals surface area contributed by atoms with E-state index < -0.39 is 0 Å². The number of likely N-dealkylation sites (tertiary alicyclic amines) is 1. The average Bonchev–Trinajstić information content (AvgIpc) is 2.95. The first-order valence-electron chi connectivity index (χ1n) is 7.37. The smallest absolute Gasteiger partial charge is 0.315 e. The van der Waals surface area contributed by atoms with Gasteiger partial charge < -0.3 is 25.0 Å². The van der Waals surface area contributed by atoms with Crippen LogP contribution in [0.5, 0.6) is 0 Å². The molecule has 2 aliphatic rings. The van der Waals surface area contributed by atoms with Crippen LogP contribution < -0.4 is 10.6 Å². The van der Waals surface area contributed by atoms with E-state index in [1.54, 1.807) is 7.11 Å². The molecule has 2 N–H and O–H groups in total. The van der Waals surface area contributed by atoms with Gasteiger partial charge in [0.05, 0.1) is 19.3 Å². The van der Waals surface area contributed by atoms with Crippen LogP contribution in [0.3, 0.4) is 0 Å². The number of nitrogens with one attached hydrogen (secondary N) is 2. The van der Waals surface area contributed by atoms with Gasteiger partial charge in [0.1, 0.15) is 6.10 Å². The Balaban J connectivity index is 1.61. The summed E-state index contributed by atoms with van der Waals surface area (Å²) >= 11 is 0. The molecule has 6 nitrogen and oxygen atoms in total. The van der Waals surface area contributed by atoms with E-state index in [2.05, 4.69) is 29.4 Å². The quantitative estimate of drug-likeness (QED) is 0.769. The Hall–Kier alpha value is -0.850. The van der Waals surface area contributed by atoms with Crippen molar-refractivity contribution in [1.82, 2.24) is 15.5 Å². The number of rotatable bonds is 5. The molecule has 2 atom stereocenters. The predicted molar refractivity (Wildman–Crippen MR) is 76.8 cm³/mol. The summed E-state index contributed by atoms with van der Waals surface area (Å²) in [6.45, 7) is 9.46. The van der Waals surface area contributed by atoms with Crippen LogP contribution in [0, 0.1) is 5.41 Å². The number of carbonyl (C=O) groups is 1. The van der Waals surface area contributed by atoms with Gasteiger partial charge in [-0.05, 0) is 18.4 Å². The molecule has 0 saturated carbocycles. The molecule has 0 bridgehead atoms. The van der Waals surface area contributed by atoms with Gasteiger partial charge in [0.15, 0.2) is 0 Å². The second kappa shape index (κ2) is 6.74. The van der Waals surface area contributed by atoms with E-state index >= 15 is 0 Å². The van der Waals surface area contributed by atoms with Crippen molar-refractivity contribution >= 4 is 6.03 Å². The second-order valence-electron chi connectivity index (χ2n) is 6.51. The van der Waals surface area contributed by atoms with Gasteiger partial charge in [0.25, 0.3) is 0 Å². The van der Waals surface area contributed by atoms with Crippen LogP contribution in [0.25, 0.3) is 0 Å². The van der Waals surface area contributed by atoms with Gasteiger partial charge in [-0.2, -0.15) is 0 Å². The first-order chi connectivity index (χ1) is 9.50. The first-order valence-corrected chi connectivity index (χ1v) is 7.37. The highest BCUT2D eigenvalue weighted by Gasteiger charge is 2.30. The minimum atomic E-state index is -0.138. The van der Waals surface area contributed by atoms with Crippen molar-refractivity contribution < 1.29 is 14.3 Å². The molecule has 0 aromatic heterocycles. The highest BCUT2D eigenvalue weighted by molar-refractivity contribution is 5.74. The van der Waals surface area contributed by atoms with Crippen LogP contribution in [-0.4, -0.2) is 69.6 Å². The Morgan fingerprint density at radius 3 is 2.90 bits per heavy atom. The number of amides is 2. The minimum Gasteiger partial charge on any atom is -0.377 e. The van der Waals surface area contributed by atoms with E-state index in [1.807, 2.05) is 0 Å². The van der Waals surface area contributed by atoms with Gasteiger partial charge in [0.2, 0.25) is 0 Å². The lowest BCUT2D eigenvalue weighted by atomic mass is 9.93. The molecule has 20 heavy (non-hydrogen) atoms. The third-order valence-electron chi connectivity index (χ3n) is 4.12. The van der Waals surface area contributed by atoms with Gasteiger partial charge in [-0.3, -0.25) is 0 Å². The van der Waals surface area contributed by atoms with Crippen molar-refractivity contribution in [3.05, 3.63) is 0 Å². The van der Waals surface area contributed by atoms with Crippen molar-refractivity contribution in [2.75, 3.05) is 46.5 Å². The minimum absolute atomic E-state index is 0.0415. The first kappa shape index (κ1) is 15.5. The number of carbonyl (C=O) groups excluding carboxylic acids is 1. The van der Waals surface area contributed by atoms with E-state index in [9.17, 15) is 4.79 Å². The summed E-state index contributed by atoms with van der Waals surface area (Å²) in [5.41, 5.74) is 0.412. The molecule has 0 aliphatic carbocycles. The Labute approximate surface area is 121 Å². The highest BCUT2D eigenvalue weighted by atomic mass is 16.5. The summed E-state index contributed by atoms with van der Waals surface area (Å²) in [5.74, 6) is 0. The van der Waals surface area contributed by atoms with Crippen LogP contribution in [-0.2, 0) is 9.47 Å². The molecule has 116 valence electrons. The lowest BCUT2D eigenvalue weighted by molar-refractivity contribution is 0.0745. The maximum atomic E-state index is 11.8. The fourth-order valence-corrected chi connectivity index (χ4v) is 2.86. The molecular weight excluding hydrogens is 258 g/mol. The number of hydrogen-bond donors (Lipinski definition) is 2. The van der Waals surface area contributed by atoms with E-state index in [-0.39, 0.29) is 18.2 Å². The van der Waals surface area contributed by atoms with E-state index in [4.69, 9.17) is 9.47 Å². The molecule has 0 spiro atoms. The molecule has 2 saturated heterocycles. The number of ether oxygens (including phenoxy) is 2. The summed E-state index contributed by atoms with van der Waals surface area (Å²) in [7, 11) is 1.64. The van der Waals surface area contributed by atoms with Gasteiger partial charge in [-0.1, -0.05) is 13.8 Å². The van der Waals surface area contributed by atoms with Crippen LogP contribution in [0.1, 0.15) is 20.3 Å². The van der Waals surface area contributed by atoms with Crippen LogP contribution in [0.2, 0.25) is 0 Å². The summed E-state index contributed by atoms with van der Waals surface area (Å²) in [6.07, 6.45) is 1.19. The normalized spacial score (nSPS) is 29.6. The highest BCUT2D eigenvalue weighted by Crippen LogP contribution is 2.28. The lowest BCUT2D eigenvalue weighted by Crippen LogP contribution is -2.49. The topological polar surface area (TPSA) is 62.8 Å². The third-order valence-corrected chi connectivity index (χ3v) is 4.12. The molecule has 6 heteroatoms. The number of urea groups is 1. The maximum absolute atomic E-state index is 11.8. The van der Waals surface area contributed by atoms with Crippen molar-refractivity contribution in [1.29, 1.82) is 0 Å². The monoisotopic (exact) mass is 285 g/mol. The summed E-state index contributed by atoms with van der Waals surface area (Å²) in [4.78, 5) is 14.2. The van der Waals surface area contributed by atoms with Crippen LogP contribution >= 0.6 is 0 Å². The van der Waals surface area contributed by atoms with Crippen molar-refractivity contribution in [3.63, 3.8) is 0 Å². The Kier molecular flexibility index (Phi) is 5.23. The molecule has 2 heterocycles. The average molecular weight is 285 g/mol. The molecule has 2 aliphatic heterocycles. The number of hydrogen-bond acceptors (Lipinski definition) is 4. The van der Waals surface area contributed by atoms with E-state index in [1.165, 1.54) is 6.42 Å². The molecular formula is C14H27N3O3. The van der Waals surface area contributed by atoms with Crippen LogP contribution in [0.4, 0.5) is 4.79 Å². The second-order valence-corrected chi connectivity index (χ2v) is 6.51. The fourth-order valence-electron chi connectivity index (χ4n) is 2.86. The lowest BCUT2D eigenvalue weighted by Gasteiger charge is -2.21. The van der Waals surface area contributed by atoms with E-state index in [0.717, 1.165) is 19.6 Å². The van der Waals surface area contributed by atoms with Gasteiger partial charge >= 0.3 is 6.03 Å². The van der Waals surface area contributed by atoms with Gasteiger partial charge in [-0.25, -0.2) is 4.79 Å². The van der Waals surface area contributed by atoms with Gasteiger partial charge in [0, 0.05) is 26.7 Å². The largest absolute Gasteiger partial charge is 0.377 e. The molecule has 0 aromatic carbocycles. The van der Waals surface area contributed by atoms with Crippen LogP contribution in [0.15, 0.2) is 0 Å². The SMILES string of the molecule is CO[C@@H]1COC[C@@H]1NC(=O)NCCN1CCC(C)(C)C1. The Bertz CT molecular complexity index is 336. The van der Waals surface area contributed by atoms with Crippen molar-refractivity contribution in [3.8, 4) is 0 Å². The number of nitrogens with zero attached hydrogens (tertiary/aromatic N) is 1. The predicted octanol–water partition coefficient (Wildman–Crippen LogP) is 0.431. The van der Waals surface area contributed by atoms with Crippen molar-refractivity contribution in [2.24, 2.45) is 5.41 Å².